The van der Waals surface area contributed by atoms with Crippen LogP contribution in [0.5, 0.6) is 5.88 Å². The fourth-order valence-corrected chi connectivity index (χ4v) is 5.54. The zero-order valence-electron chi connectivity index (χ0n) is 18.7. The molecule has 2 aromatic heterocycles. The van der Waals surface area contributed by atoms with E-state index in [0.717, 1.165) is 0 Å². The predicted molar refractivity (Wildman–Crippen MR) is 112 cm³/mol. The molecule has 4 rings (SSSR count). The Kier molecular flexibility index (Phi) is 6.08. The predicted octanol–water partition coefficient (Wildman–Crippen LogP) is 1.50. The van der Waals surface area contributed by atoms with Crippen LogP contribution in [0.3, 0.4) is 0 Å². The Morgan fingerprint density at radius 1 is 1.42 bits per heavy atom. The van der Waals surface area contributed by atoms with Gasteiger partial charge < -0.3 is 19.9 Å². The van der Waals surface area contributed by atoms with Crippen LogP contribution >= 0.6 is 7.75 Å². The highest BCUT2D eigenvalue weighted by Crippen LogP contribution is 2.57. The highest BCUT2D eigenvalue weighted by atomic mass is 31.2. The SMILES string of the molecule is COC(=O)[C@H](C)NP1(=O)OC[C@H]2O[C@@H](n3cnc4c(OC(C)C)nc(N)nc43)[C@](C)(F)[C@@H]2O1. The van der Waals surface area contributed by atoms with Crippen molar-refractivity contribution in [1.82, 2.24) is 24.6 Å². The number of nitrogens with zero attached hydrogens (tertiary/aromatic N) is 4. The van der Waals surface area contributed by atoms with E-state index >= 15 is 4.39 Å². The van der Waals surface area contributed by atoms with Crippen LogP contribution in [-0.2, 0) is 27.9 Å². The largest absolute Gasteiger partial charge is 0.473 e. The molecule has 6 atom stereocenters. The van der Waals surface area contributed by atoms with E-state index in [4.69, 9.17) is 24.3 Å². The van der Waals surface area contributed by atoms with Gasteiger partial charge in [-0.1, -0.05) is 0 Å². The lowest BCUT2D eigenvalue weighted by Gasteiger charge is -2.35. The van der Waals surface area contributed by atoms with E-state index in [9.17, 15) is 9.36 Å². The highest BCUT2D eigenvalue weighted by molar-refractivity contribution is 7.51. The fraction of sp³-hybridized carbons (Fsp3) is 0.667. The van der Waals surface area contributed by atoms with Crippen LogP contribution in [0.2, 0.25) is 0 Å². The molecule has 0 radical (unpaired) electrons. The molecule has 182 valence electrons. The normalized spacial score (nSPS) is 32.6. The molecule has 13 nitrogen and oxygen atoms in total. The summed E-state index contributed by atoms with van der Waals surface area (Å²) in [5.41, 5.74) is 4.12. The van der Waals surface area contributed by atoms with Crippen molar-refractivity contribution in [3.05, 3.63) is 6.33 Å². The van der Waals surface area contributed by atoms with Crippen LogP contribution in [0.25, 0.3) is 11.2 Å². The van der Waals surface area contributed by atoms with Gasteiger partial charge in [-0.05, 0) is 27.7 Å². The Morgan fingerprint density at radius 2 is 2.15 bits per heavy atom. The first-order valence-corrected chi connectivity index (χ1v) is 11.8. The Morgan fingerprint density at radius 3 is 2.82 bits per heavy atom. The zero-order valence-corrected chi connectivity index (χ0v) is 19.6. The molecule has 33 heavy (non-hydrogen) atoms. The van der Waals surface area contributed by atoms with Crippen LogP contribution in [0.1, 0.15) is 33.9 Å². The minimum atomic E-state index is -4.03. The topological polar surface area (TPSA) is 162 Å². The summed E-state index contributed by atoms with van der Waals surface area (Å²) in [4.78, 5) is 24.2. The Labute approximate surface area is 188 Å². The van der Waals surface area contributed by atoms with Crippen molar-refractivity contribution in [3.63, 3.8) is 0 Å². The van der Waals surface area contributed by atoms with Gasteiger partial charge in [-0.2, -0.15) is 9.97 Å². The number of nitrogens with two attached hydrogens (primary N) is 1. The van der Waals surface area contributed by atoms with E-state index in [2.05, 4.69) is 24.8 Å². The van der Waals surface area contributed by atoms with E-state index in [0.29, 0.717) is 0 Å². The van der Waals surface area contributed by atoms with Gasteiger partial charge in [-0.15, -0.1) is 0 Å². The summed E-state index contributed by atoms with van der Waals surface area (Å²) in [5, 5.41) is 2.45. The molecule has 0 spiro atoms. The van der Waals surface area contributed by atoms with Crippen molar-refractivity contribution in [1.29, 1.82) is 0 Å². The molecule has 0 amide bonds. The third-order valence-electron chi connectivity index (χ3n) is 5.25. The second kappa shape index (κ2) is 8.44. The molecule has 0 aromatic carbocycles. The van der Waals surface area contributed by atoms with Crippen molar-refractivity contribution in [2.45, 2.75) is 63.9 Å². The molecule has 2 aliphatic heterocycles. The van der Waals surface area contributed by atoms with Crippen LogP contribution in [0.15, 0.2) is 6.33 Å². The zero-order chi connectivity index (χ0) is 24.1. The van der Waals surface area contributed by atoms with E-state index in [1.54, 1.807) is 0 Å². The van der Waals surface area contributed by atoms with Crippen LogP contribution < -0.4 is 15.6 Å². The van der Waals surface area contributed by atoms with Crippen molar-refractivity contribution in [2.24, 2.45) is 0 Å². The number of nitrogen functional groups attached to an aromatic ring is 1. The molecule has 0 bridgehead atoms. The Balaban J connectivity index is 1.64. The molecule has 0 saturated carbocycles. The quantitative estimate of drug-likeness (QED) is 0.446. The number of esters is 1. The van der Waals surface area contributed by atoms with Crippen molar-refractivity contribution in [3.8, 4) is 5.88 Å². The number of imidazole rings is 1. The number of hydrogen-bond acceptors (Lipinski definition) is 11. The van der Waals surface area contributed by atoms with Crippen LogP contribution in [0, 0.1) is 0 Å². The first-order chi connectivity index (χ1) is 15.4. The number of anilines is 1. The molecule has 1 unspecified atom stereocenters. The number of carbonyl (C=O) groups excluding carboxylic acids is 1. The smallest absolute Gasteiger partial charge is 0.406 e. The number of fused-ring (bicyclic) bond motifs is 2. The maximum absolute atomic E-state index is 16.1. The highest BCUT2D eigenvalue weighted by Gasteiger charge is 2.61. The summed E-state index contributed by atoms with van der Waals surface area (Å²) in [6.45, 7) is 6.07. The first kappa shape index (κ1) is 23.8. The lowest BCUT2D eigenvalue weighted by molar-refractivity contribution is -0.142. The summed E-state index contributed by atoms with van der Waals surface area (Å²) in [7, 11) is -2.84. The minimum absolute atomic E-state index is 0.0824. The molecule has 0 aliphatic carbocycles. The maximum Gasteiger partial charge on any atom is 0.406 e. The van der Waals surface area contributed by atoms with Crippen molar-refractivity contribution < 1.29 is 37.0 Å². The summed E-state index contributed by atoms with van der Waals surface area (Å²) >= 11 is 0. The monoisotopic (exact) mass is 488 g/mol. The third kappa shape index (κ3) is 4.28. The van der Waals surface area contributed by atoms with Gasteiger partial charge in [-0.3, -0.25) is 18.4 Å². The maximum atomic E-state index is 16.1. The Hall–Kier alpha value is -2.38. The molecular weight excluding hydrogens is 462 g/mol. The van der Waals surface area contributed by atoms with Gasteiger partial charge >= 0.3 is 13.7 Å². The van der Waals surface area contributed by atoms with Gasteiger partial charge in [0.2, 0.25) is 11.8 Å². The van der Waals surface area contributed by atoms with Gasteiger partial charge in [0.15, 0.2) is 23.1 Å². The third-order valence-corrected chi connectivity index (χ3v) is 6.95. The number of aromatic nitrogens is 4. The summed E-state index contributed by atoms with van der Waals surface area (Å²) < 4.78 is 57.5. The number of hydrogen-bond donors (Lipinski definition) is 2. The number of halogens is 1. The number of methoxy groups -OCH3 is 1. The van der Waals surface area contributed by atoms with Gasteiger partial charge in [0.25, 0.3) is 0 Å². The van der Waals surface area contributed by atoms with E-state index in [1.165, 1.54) is 31.9 Å². The number of ether oxygens (including phenoxy) is 3. The number of nitrogens with one attached hydrogen (secondary N) is 1. The lowest BCUT2D eigenvalue weighted by Crippen LogP contribution is -2.47. The molecule has 2 aromatic rings. The van der Waals surface area contributed by atoms with Crippen molar-refractivity contribution in [2.75, 3.05) is 19.5 Å². The van der Waals surface area contributed by atoms with Crippen molar-refractivity contribution >= 4 is 30.8 Å². The molecule has 2 aliphatic rings. The van der Waals surface area contributed by atoms with Gasteiger partial charge in [0.1, 0.15) is 18.2 Å². The minimum Gasteiger partial charge on any atom is -0.473 e. The molecule has 4 heterocycles. The van der Waals surface area contributed by atoms with E-state index < -0.39 is 43.9 Å². The molecular formula is C18H26FN6O7P. The molecule has 3 N–H and O–H groups in total. The average Bonchev–Trinajstić information content (AvgIpc) is 3.25. The van der Waals surface area contributed by atoms with Crippen LogP contribution in [0.4, 0.5) is 10.3 Å². The second-order valence-electron chi connectivity index (χ2n) is 8.25. The standard InChI is InChI=1S/C18H26FN6O7P/c1-8(2)30-14-11-13(22-17(20)23-14)25(7-21-11)16-18(4,19)12-10(31-16)6-29-33(27,32-12)24-9(3)15(26)28-5/h7-10,12,16H,6H2,1-5H3,(H,24,27)(H2,20,22,23)/t9-,10+,12+,16+,18+,33?/m0/s1. The number of alkyl halides is 1. The van der Waals surface area contributed by atoms with E-state index in [1.807, 2.05) is 13.8 Å². The summed E-state index contributed by atoms with van der Waals surface area (Å²) in [6.07, 6.45) is -2.28. The number of carbonyl (C=O) groups is 1. The van der Waals surface area contributed by atoms with Gasteiger partial charge in [0, 0.05) is 0 Å². The second-order valence-corrected chi connectivity index (χ2v) is 9.97. The fourth-order valence-electron chi connectivity index (χ4n) is 3.78. The molecule has 2 fully saturated rings. The average molecular weight is 488 g/mol. The summed E-state index contributed by atoms with van der Waals surface area (Å²) in [6, 6.07) is -1.00. The van der Waals surface area contributed by atoms with E-state index in [-0.39, 0.29) is 35.7 Å². The van der Waals surface area contributed by atoms with Crippen LogP contribution in [-0.4, -0.2) is 69.2 Å². The Bertz CT molecular complexity index is 1110. The number of rotatable bonds is 6. The molecule has 2 saturated heterocycles. The lowest BCUT2D eigenvalue weighted by atomic mass is 9.98. The van der Waals surface area contributed by atoms with Gasteiger partial charge in [-0.25, -0.2) is 19.0 Å². The van der Waals surface area contributed by atoms with Gasteiger partial charge in [0.05, 0.1) is 26.1 Å². The first-order valence-electron chi connectivity index (χ1n) is 10.2. The summed E-state index contributed by atoms with van der Waals surface area (Å²) in [5.74, 6) is -0.599. The molecule has 15 heteroatoms.